The lowest BCUT2D eigenvalue weighted by atomic mass is 10.0. The van der Waals surface area contributed by atoms with E-state index in [4.69, 9.17) is 9.84 Å². The van der Waals surface area contributed by atoms with Crippen LogP contribution < -0.4 is 9.62 Å². The minimum atomic E-state index is -3.78. The molecule has 1 saturated heterocycles. The number of aromatic nitrogens is 3. The van der Waals surface area contributed by atoms with Crippen LogP contribution in [0.25, 0.3) is 16.7 Å². The minimum absolute atomic E-state index is 0.0389. The van der Waals surface area contributed by atoms with Crippen LogP contribution in [0.4, 0.5) is 10.1 Å². The number of hydrogen-bond donors (Lipinski definition) is 1. The van der Waals surface area contributed by atoms with Gasteiger partial charge in [0.05, 0.1) is 34.8 Å². The van der Waals surface area contributed by atoms with Crippen molar-refractivity contribution in [2.45, 2.75) is 38.7 Å². The van der Waals surface area contributed by atoms with Crippen LogP contribution in [-0.4, -0.2) is 61.6 Å². The highest BCUT2D eigenvalue weighted by Gasteiger charge is 2.28. The van der Waals surface area contributed by atoms with Crippen LogP contribution in [0, 0.1) is 5.82 Å². The Kier molecular flexibility index (Phi) is 6.59. The number of ether oxygens (including phenoxy) is 1. The number of carbonyl (C=O) groups is 1. The first-order chi connectivity index (χ1) is 16.1. The summed E-state index contributed by atoms with van der Waals surface area (Å²) in [5, 5.41) is 5.56. The number of nitrogens with one attached hydrogen (secondary N) is 1. The van der Waals surface area contributed by atoms with Gasteiger partial charge in [-0.15, -0.1) is 0 Å². The second-order valence-corrected chi connectivity index (χ2v) is 10.5. The van der Waals surface area contributed by atoms with Gasteiger partial charge in [-0.2, -0.15) is 5.10 Å². The zero-order chi connectivity index (χ0) is 24.6. The molecule has 0 aliphatic carbocycles. The van der Waals surface area contributed by atoms with Gasteiger partial charge >= 0.3 is 0 Å². The number of fused-ring (bicyclic) bond motifs is 1. The van der Waals surface area contributed by atoms with Crippen molar-refractivity contribution in [1.29, 1.82) is 0 Å². The predicted octanol–water partition coefficient (Wildman–Crippen LogP) is 2.99. The van der Waals surface area contributed by atoms with Gasteiger partial charge in [0.1, 0.15) is 11.5 Å². The number of hydrogen-bond acceptors (Lipinski definition) is 7. The summed E-state index contributed by atoms with van der Waals surface area (Å²) in [7, 11) is -2.09. The SMILES string of the molecule is COC1CCN(c2cc(C(=O)NS(C)(=O)=O)nc3c2c(C(C)C)nn3-c2ccc(F)cc2)CC1. The summed E-state index contributed by atoms with van der Waals surface area (Å²) in [4.78, 5) is 19.5. The first kappa shape index (κ1) is 24.1. The number of anilines is 1. The van der Waals surface area contributed by atoms with Crippen molar-refractivity contribution >= 4 is 32.7 Å². The highest BCUT2D eigenvalue weighted by Crippen LogP contribution is 2.36. The zero-order valence-electron chi connectivity index (χ0n) is 19.6. The molecule has 1 aromatic carbocycles. The van der Waals surface area contributed by atoms with Crippen LogP contribution in [0.5, 0.6) is 0 Å². The van der Waals surface area contributed by atoms with Gasteiger partial charge in [0.15, 0.2) is 5.65 Å². The van der Waals surface area contributed by atoms with Crippen LogP contribution in [0.15, 0.2) is 30.3 Å². The fraction of sp³-hybridized carbons (Fsp3) is 0.435. The average Bonchev–Trinajstić information content (AvgIpc) is 3.18. The van der Waals surface area contributed by atoms with Crippen LogP contribution >= 0.6 is 0 Å². The standard InChI is InChI=1S/C23H28FN5O4S/c1-14(2)21-20-19(28-11-9-17(33-3)10-12-28)13-18(23(30)27-34(4,31)32)25-22(20)29(26-21)16-7-5-15(24)6-8-16/h5-8,13-14,17H,9-12H2,1-4H3,(H,27,30). The van der Waals surface area contributed by atoms with Gasteiger partial charge in [0.2, 0.25) is 10.0 Å². The Morgan fingerprint density at radius 3 is 2.41 bits per heavy atom. The molecule has 0 bridgehead atoms. The van der Waals surface area contributed by atoms with Crippen LogP contribution in [0.3, 0.4) is 0 Å². The van der Waals surface area contributed by atoms with Gasteiger partial charge < -0.3 is 9.64 Å². The van der Waals surface area contributed by atoms with Gasteiger partial charge in [-0.3, -0.25) is 4.79 Å². The van der Waals surface area contributed by atoms with E-state index in [1.165, 1.54) is 12.1 Å². The van der Waals surface area contributed by atoms with E-state index in [0.29, 0.717) is 24.4 Å². The number of methoxy groups -OCH3 is 1. The maximum Gasteiger partial charge on any atom is 0.283 e. The maximum atomic E-state index is 13.6. The molecule has 182 valence electrons. The fourth-order valence-electron chi connectivity index (χ4n) is 4.21. The average molecular weight is 490 g/mol. The van der Waals surface area contributed by atoms with E-state index in [0.717, 1.165) is 35.9 Å². The van der Waals surface area contributed by atoms with Gasteiger partial charge in [0, 0.05) is 20.2 Å². The molecule has 1 aliphatic rings. The molecule has 2 aromatic heterocycles. The van der Waals surface area contributed by atoms with Crippen molar-refractivity contribution < 1.29 is 22.3 Å². The number of nitrogens with zero attached hydrogens (tertiary/aromatic N) is 4. The Balaban J connectivity index is 1.95. The van der Waals surface area contributed by atoms with Crippen molar-refractivity contribution in [3.8, 4) is 5.69 Å². The molecule has 0 atom stereocenters. The molecule has 4 rings (SSSR count). The van der Waals surface area contributed by atoms with E-state index in [-0.39, 0.29) is 23.5 Å². The monoisotopic (exact) mass is 489 g/mol. The number of halogens is 1. The molecule has 0 unspecified atom stereocenters. The summed E-state index contributed by atoms with van der Waals surface area (Å²) in [6.45, 7) is 5.43. The Morgan fingerprint density at radius 2 is 1.85 bits per heavy atom. The van der Waals surface area contributed by atoms with Gasteiger partial charge in [-0.25, -0.2) is 27.2 Å². The van der Waals surface area contributed by atoms with E-state index < -0.39 is 15.9 Å². The molecule has 3 aromatic rings. The molecule has 1 aliphatic heterocycles. The first-order valence-corrected chi connectivity index (χ1v) is 13.0. The second kappa shape index (κ2) is 9.30. The summed E-state index contributed by atoms with van der Waals surface area (Å²) >= 11 is 0. The van der Waals surface area contributed by atoms with Crippen molar-refractivity contribution in [1.82, 2.24) is 19.5 Å². The van der Waals surface area contributed by atoms with E-state index in [1.54, 1.807) is 30.0 Å². The highest BCUT2D eigenvalue weighted by atomic mass is 32.2. The molecule has 11 heteroatoms. The number of rotatable bonds is 6. The van der Waals surface area contributed by atoms with Gasteiger partial charge in [-0.05, 0) is 49.1 Å². The molecular formula is C23H28FN5O4S. The number of carbonyl (C=O) groups excluding carboxylic acids is 1. The number of amides is 1. The number of pyridine rings is 1. The van der Waals surface area contributed by atoms with Crippen molar-refractivity contribution in [2.75, 3.05) is 31.4 Å². The lowest BCUT2D eigenvalue weighted by molar-refractivity contribution is 0.0819. The largest absolute Gasteiger partial charge is 0.381 e. The summed E-state index contributed by atoms with van der Waals surface area (Å²) in [5.74, 6) is -1.17. The minimum Gasteiger partial charge on any atom is -0.381 e. The topological polar surface area (TPSA) is 106 Å². The Hall–Kier alpha value is -3.05. The third-order valence-corrected chi connectivity index (χ3v) is 6.45. The first-order valence-electron chi connectivity index (χ1n) is 11.1. The van der Waals surface area contributed by atoms with Crippen molar-refractivity contribution in [3.63, 3.8) is 0 Å². The third kappa shape index (κ3) is 4.90. The van der Waals surface area contributed by atoms with E-state index in [2.05, 4.69) is 9.88 Å². The molecule has 0 radical (unpaired) electrons. The van der Waals surface area contributed by atoms with Crippen LogP contribution in [0.1, 0.15) is 48.8 Å². The van der Waals surface area contributed by atoms with Crippen molar-refractivity contribution in [2.24, 2.45) is 0 Å². The molecule has 1 fully saturated rings. The molecule has 3 heterocycles. The Morgan fingerprint density at radius 1 is 1.21 bits per heavy atom. The fourth-order valence-corrected chi connectivity index (χ4v) is 4.65. The van der Waals surface area contributed by atoms with Crippen LogP contribution in [0.2, 0.25) is 0 Å². The highest BCUT2D eigenvalue weighted by molar-refractivity contribution is 7.89. The maximum absolute atomic E-state index is 13.6. The van der Waals surface area contributed by atoms with E-state index >= 15 is 0 Å². The van der Waals surface area contributed by atoms with E-state index in [1.807, 2.05) is 18.6 Å². The van der Waals surface area contributed by atoms with Crippen LogP contribution in [-0.2, 0) is 14.8 Å². The smallest absolute Gasteiger partial charge is 0.283 e. The van der Waals surface area contributed by atoms with Gasteiger partial charge in [-0.1, -0.05) is 13.8 Å². The third-order valence-electron chi connectivity index (χ3n) is 5.89. The molecule has 0 saturated carbocycles. The molecule has 34 heavy (non-hydrogen) atoms. The molecule has 1 N–H and O–H groups in total. The van der Waals surface area contributed by atoms with E-state index in [9.17, 15) is 17.6 Å². The summed E-state index contributed by atoms with van der Waals surface area (Å²) in [6, 6.07) is 7.45. The summed E-state index contributed by atoms with van der Waals surface area (Å²) in [6.07, 6.45) is 2.70. The Bertz CT molecular complexity index is 1310. The number of sulfonamides is 1. The quantitative estimate of drug-likeness (QED) is 0.567. The lowest BCUT2D eigenvalue weighted by Gasteiger charge is -2.33. The van der Waals surface area contributed by atoms with Crippen molar-refractivity contribution in [3.05, 3.63) is 47.5 Å². The number of benzene rings is 1. The summed E-state index contributed by atoms with van der Waals surface area (Å²) in [5.41, 5.74) is 2.48. The number of piperidine rings is 1. The second-order valence-electron chi connectivity index (χ2n) is 8.78. The molecular weight excluding hydrogens is 461 g/mol. The van der Waals surface area contributed by atoms with Gasteiger partial charge in [0.25, 0.3) is 5.91 Å². The lowest BCUT2D eigenvalue weighted by Crippen LogP contribution is -2.37. The normalized spacial score (nSPS) is 15.3. The predicted molar refractivity (Wildman–Crippen MR) is 127 cm³/mol. The molecule has 9 nitrogen and oxygen atoms in total. The zero-order valence-corrected chi connectivity index (χ0v) is 20.4. The molecule has 0 spiro atoms. The molecule has 1 amide bonds. The summed E-state index contributed by atoms with van der Waals surface area (Å²) < 4.78 is 46.1. The Labute approximate surface area is 198 Å².